The SMILES string of the molecule is CCCCONC(C)CCNOC(C)CC. The first-order valence-corrected chi connectivity index (χ1v) is 6.46. The Hall–Kier alpha value is -0.160. The van der Waals surface area contributed by atoms with Gasteiger partial charge in [0.05, 0.1) is 12.7 Å². The second kappa shape index (κ2) is 11.3. The second-order valence-corrected chi connectivity index (χ2v) is 4.24. The molecule has 2 atom stereocenters. The maximum Gasteiger partial charge on any atom is 0.0759 e. The molecule has 98 valence electrons. The predicted molar refractivity (Wildman–Crippen MR) is 66.9 cm³/mol. The van der Waals surface area contributed by atoms with Crippen LogP contribution in [0.25, 0.3) is 0 Å². The van der Waals surface area contributed by atoms with Crippen LogP contribution in [0.4, 0.5) is 0 Å². The normalized spacial score (nSPS) is 15.0. The van der Waals surface area contributed by atoms with E-state index in [1.54, 1.807) is 0 Å². The minimum absolute atomic E-state index is 0.282. The number of rotatable bonds is 11. The number of hydroxylamine groups is 2. The summed E-state index contributed by atoms with van der Waals surface area (Å²) in [6.45, 7) is 10.1. The lowest BCUT2D eigenvalue weighted by Gasteiger charge is -2.15. The molecule has 0 aliphatic rings. The second-order valence-electron chi connectivity index (χ2n) is 4.24. The fourth-order valence-corrected chi connectivity index (χ4v) is 1.04. The summed E-state index contributed by atoms with van der Waals surface area (Å²) in [6.07, 6.45) is 4.57. The molecule has 4 heteroatoms. The Kier molecular flexibility index (Phi) is 11.2. The Morgan fingerprint density at radius 1 is 1.19 bits per heavy atom. The lowest BCUT2D eigenvalue weighted by molar-refractivity contribution is -0.0237. The summed E-state index contributed by atoms with van der Waals surface area (Å²) in [5.74, 6) is 0. The molecular formula is C12H28N2O2. The molecule has 0 saturated carbocycles. The third kappa shape index (κ3) is 10.4. The van der Waals surface area contributed by atoms with Crippen molar-refractivity contribution in [2.24, 2.45) is 0 Å². The van der Waals surface area contributed by atoms with Gasteiger partial charge in [0.1, 0.15) is 0 Å². The maximum absolute atomic E-state index is 5.37. The van der Waals surface area contributed by atoms with E-state index in [1.165, 1.54) is 6.42 Å². The van der Waals surface area contributed by atoms with Crippen molar-refractivity contribution in [2.75, 3.05) is 13.2 Å². The molecule has 0 spiro atoms. The van der Waals surface area contributed by atoms with E-state index in [1.807, 2.05) is 0 Å². The molecule has 0 aromatic heterocycles. The summed E-state index contributed by atoms with van der Waals surface area (Å²) in [5.41, 5.74) is 6.00. The zero-order valence-corrected chi connectivity index (χ0v) is 11.2. The van der Waals surface area contributed by atoms with Crippen molar-refractivity contribution in [3.8, 4) is 0 Å². The first-order valence-electron chi connectivity index (χ1n) is 6.46. The van der Waals surface area contributed by atoms with Crippen LogP contribution in [0.15, 0.2) is 0 Å². The summed E-state index contributed by atoms with van der Waals surface area (Å²) >= 11 is 0. The van der Waals surface area contributed by atoms with E-state index in [2.05, 4.69) is 38.7 Å². The quantitative estimate of drug-likeness (QED) is 0.424. The van der Waals surface area contributed by atoms with Gasteiger partial charge in [0, 0.05) is 12.6 Å². The van der Waals surface area contributed by atoms with E-state index < -0.39 is 0 Å². The first kappa shape index (κ1) is 15.8. The van der Waals surface area contributed by atoms with Gasteiger partial charge in [0.2, 0.25) is 0 Å². The van der Waals surface area contributed by atoms with E-state index >= 15 is 0 Å². The van der Waals surface area contributed by atoms with Gasteiger partial charge in [-0.25, -0.2) is 5.48 Å². The molecule has 0 aromatic rings. The average Bonchev–Trinajstić information content (AvgIpc) is 2.30. The largest absolute Gasteiger partial charge is 0.302 e. The van der Waals surface area contributed by atoms with Crippen LogP contribution in [-0.2, 0) is 9.68 Å². The molecule has 0 aliphatic heterocycles. The van der Waals surface area contributed by atoms with Crippen molar-refractivity contribution >= 4 is 0 Å². The summed E-state index contributed by atoms with van der Waals surface area (Å²) in [5, 5.41) is 0. The monoisotopic (exact) mass is 232 g/mol. The molecule has 2 N–H and O–H groups in total. The highest BCUT2D eigenvalue weighted by atomic mass is 16.7. The van der Waals surface area contributed by atoms with Crippen molar-refractivity contribution < 1.29 is 9.68 Å². The summed E-state index contributed by atoms with van der Waals surface area (Å²) in [6, 6.07) is 0.352. The molecular weight excluding hydrogens is 204 g/mol. The van der Waals surface area contributed by atoms with Crippen LogP contribution in [0.2, 0.25) is 0 Å². The number of unbranched alkanes of at least 4 members (excludes halogenated alkanes) is 1. The Balaban J connectivity index is 3.20. The van der Waals surface area contributed by atoms with Gasteiger partial charge in [-0.05, 0) is 33.1 Å². The van der Waals surface area contributed by atoms with Crippen LogP contribution >= 0.6 is 0 Å². The maximum atomic E-state index is 5.37. The minimum Gasteiger partial charge on any atom is -0.302 e. The average molecular weight is 232 g/mol. The number of nitrogens with one attached hydrogen (secondary N) is 2. The Morgan fingerprint density at radius 3 is 2.56 bits per heavy atom. The van der Waals surface area contributed by atoms with Gasteiger partial charge in [-0.2, -0.15) is 5.48 Å². The smallest absolute Gasteiger partial charge is 0.0759 e. The predicted octanol–water partition coefficient (Wildman–Crippen LogP) is 2.41. The van der Waals surface area contributed by atoms with Crippen molar-refractivity contribution in [3.63, 3.8) is 0 Å². The van der Waals surface area contributed by atoms with Crippen LogP contribution in [0.3, 0.4) is 0 Å². The molecule has 0 bridgehead atoms. The lowest BCUT2D eigenvalue weighted by atomic mass is 10.2. The van der Waals surface area contributed by atoms with E-state index in [0.29, 0.717) is 6.04 Å². The van der Waals surface area contributed by atoms with Crippen LogP contribution in [0, 0.1) is 0 Å². The minimum atomic E-state index is 0.282. The van der Waals surface area contributed by atoms with Gasteiger partial charge in [0.25, 0.3) is 0 Å². The van der Waals surface area contributed by atoms with E-state index in [9.17, 15) is 0 Å². The van der Waals surface area contributed by atoms with Crippen molar-refractivity contribution in [2.45, 2.75) is 65.5 Å². The first-order chi connectivity index (χ1) is 7.70. The molecule has 4 nitrogen and oxygen atoms in total. The van der Waals surface area contributed by atoms with Crippen LogP contribution < -0.4 is 11.0 Å². The van der Waals surface area contributed by atoms with E-state index in [0.717, 1.165) is 32.4 Å². The highest BCUT2D eigenvalue weighted by molar-refractivity contribution is 4.55. The van der Waals surface area contributed by atoms with Gasteiger partial charge >= 0.3 is 0 Å². The molecule has 0 fully saturated rings. The fraction of sp³-hybridized carbons (Fsp3) is 1.00. The van der Waals surface area contributed by atoms with Gasteiger partial charge in [-0.3, -0.25) is 4.84 Å². The third-order valence-corrected chi connectivity index (χ3v) is 2.42. The molecule has 0 heterocycles. The Labute approximate surface area is 100.0 Å². The van der Waals surface area contributed by atoms with Crippen molar-refractivity contribution in [1.82, 2.24) is 11.0 Å². The van der Waals surface area contributed by atoms with Crippen LogP contribution in [0.1, 0.15) is 53.4 Å². The van der Waals surface area contributed by atoms with Crippen molar-refractivity contribution in [3.05, 3.63) is 0 Å². The van der Waals surface area contributed by atoms with Gasteiger partial charge < -0.3 is 4.84 Å². The van der Waals surface area contributed by atoms with E-state index in [4.69, 9.17) is 9.68 Å². The standard InChI is InChI=1S/C12H28N2O2/c1-5-7-10-15-14-11(3)8-9-13-16-12(4)6-2/h11-14H,5-10H2,1-4H3. The zero-order chi connectivity index (χ0) is 12.2. The molecule has 0 aromatic carbocycles. The van der Waals surface area contributed by atoms with Crippen LogP contribution in [0.5, 0.6) is 0 Å². The fourth-order valence-electron chi connectivity index (χ4n) is 1.04. The Morgan fingerprint density at radius 2 is 1.94 bits per heavy atom. The Bertz CT molecular complexity index is 145. The molecule has 0 rings (SSSR count). The lowest BCUT2D eigenvalue weighted by Crippen LogP contribution is -2.31. The highest BCUT2D eigenvalue weighted by Gasteiger charge is 2.02. The van der Waals surface area contributed by atoms with Gasteiger partial charge in [-0.15, -0.1) is 0 Å². The molecule has 0 aliphatic carbocycles. The molecule has 0 saturated heterocycles. The molecule has 0 radical (unpaired) electrons. The highest BCUT2D eigenvalue weighted by Crippen LogP contribution is 1.94. The van der Waals surface area contributed by atoms with Crippen molar-refractivity contribution in [1.29, 1.82) is 0 Å². The molecule has 0 amide bonds. The molecule has 16 heavy (non-hydrogen) atoms. The summed E-state index contributed by atoms with van der Waals surface area (Å²) in [7, 11) is 0. The zero-order valence-electron chi connectivity index (χ0n) is 11.2. The van der Waals surface area contributed by atoms with E-state index in [-0.39, 0.29) is 6.10 Å². The topological polar surface area (TPSA) is 42.5 Å². The number of hydrogen-bond donors (Lipinski definition) is 2. The molecule has 2 unspecified atom stereocenters. The summed E-state index contributed by atoms with van der Waals surface area (Å²) in [4.78, 5) is 10.7. The third-order valence-electron chi connectivity index (χ3n) is 2.42. The van der Waals surface area contributed by atoms with Crippen LogP contribution in [-0.4, -0.2) is 25.3 Å². The number of hydrogen-bond acceptors (Lipinski definition) is 4. The van der Waals surface area contributed by atoms with Gasteiger partial charge in [-0.1, -0.05) is 20.3 Å². The summed E-state index contributed by atoms with van der Waals surface area (Å²) < 4.78 is 0. The van der Waals surface area contributed by atoms with Gasteiger partial charge in [0.15, 0.2) is 0 Å².